The van der Waals surface area contributed by atoms with Crippen LogP contribution in [0.2, 0.25) is 0 Å². The second-order valence-electron chi connectivity index (χ2n) is 4.06. The second-order valence-corrected chi connectivity index (χ2v) is 7.46. The summed E-state index contributed by atoms with van der Waals surface area (Å²) in [4.78, 5) is 10.1. The lowest BCUT2D eigenvalue weighted by Gasteiger charge is -2.27. The van der Waals surface area contributed by atoms with Gasteiger partial charge in [-0.3, -0.25) is 4.57 Å². The van der Waals surface area contributed by atoms with Crippen molar-refractivity contribution in [2.24, 2.45) is 5.73 Å². The topological polar surface area (TPSA) is 98.9 Å². The van der Waals surface area contributed by atoms with Gasteiger partial charge in [-0.15, -0.1) is 0 Å². The highest BCUT2D eigenvalue weighted by Crippen LogP contribution is 2.64. The Kier molecular flexibility index (Phi) is 8.44. The first-order valence-electron chi connectivity index (χ1n) is 6.13. The van der Waals surface area contributed by atoms with Gasteiger partial charge in [0, 0.05) is 13.0 Å². The van der Waals surface area contributed by atoms with E-state index in [2.05, 4.69) is 0 Å². The fraction of sp³-hybridized carbons (Fsp3) is 1.00. The fourth-order valence-corrected chi connectivity index (χ4v) is 4.06. The molecule has 0 fully saturated rings. The molecule has 0 amide bonds. The van der Waals surface area contributed by atoms with Crippen molar-refractivity contribution < 1.29 is 23.3 Å². The molecule has 8 heteroatoms. The molecule has 0 aliphatic heterocycles. The Hall–Kier alpha value is 0.170. The first kappa shape index (κ1) is 18.2. The average Bonchev–Trinajstić information content (AvgIpc) is 2.33. The molecule has 0 saturated carbocycles. The third kappa shape index (κ3) is 4.69. The van der Waals surface area contributed by atoms with Crippen LogP contribution in [0.15, 0.2) is 0 Å². The molecule has 0 saturated heterocycles. The van der Waals surface area contributed by atoms with Crippen molar-refractivity contribution in [1.82, 2.24) is 0 Å². The highest BCUT2D eigenvalue weighted by molar-refractivity contribution is 7.63. The molecule has 4 unspecified atom stereocenters. The molecule has 0 rings (SSSR count). The summed E-state index contributed by atoms with van der Waals surface area (Å²) in [7, 11) is -5.21. The summed E-state index contributed by atoms with van der Waals surface area (Å²) < 4.78 is 34.2. The summed E-state index contributed by atoms with van der Waals surface area (Å²) in [5.74, 6) is 0. The monoisotopic (exact) mass is 300 g/mol. The van der Waals surface area contributed by atoms with Gasteiger partial charge < -0.3 is 19.9 Å². The first-order valence-corrected chi connectivity index (χ1v) is 8.62. The minimum atomic E-state index is -4.13. The van der Waals surface area contributed by atoms with Gasteiger partial charge in [-0.25, -0.2) is 0 Å². The van der Waals surface area contributed by atoms with Crippen LogP contribution < -0.4 is 5.73 Å². The van der Waals surface area contributed by atoms with Crippen LogP contribution in [0.25, 0.3) is 0 Å². The number of rotatable bonds is 10. The number of nitrogens with two attached hydrogens (primary N) is 1. The fourth-order valence-electron chi connectivity index (χ4n) is 1.42. The predicted octanol–water partition coefficient (Wildman–Crippen LogP) is 2.44. The van der Waals surface area contributed by atoms with Crippen LogP contribution in [0, 0.1) is 0 Å². The Labute approximate surface area is 110 Å². The molecule has 0 heterocycles. The summed E-state index contributed by atoms with van der Waals surface area (Å²) in [5, 5.41) is -1.65. The van der Waals surface area contributed by atoms with Gasteiger partial charge in [0.15, 0.2) is 0 Å². The van der Waals surface area contributed by atoms with Crippen LogP contribution in [-0.4, -0.2) is 29.2 Å². The molecule has 0 bridgehead atoms. The molecule has 3 N–H and O–H groups in total. The van der Waals surface area contributed by atoms with Crippen LogP contribution in [0.5, 0.6) is 0 Å². The number of hydrogen-bond acceptors (Lipinski definition) is 5. The van der Waals surface area contributed by atoms with E-state index in [1.165, 1.54) is 0 Å². The van der Waals surface area contributed by atoms with E-state index in [0.717, 1.165) is 0 Å². The van der Waals surface area contributed by atoms with Gasteiger partial charge in [0.2, 0.25) is 0 Å². The minimum absolute atomic E-state index is 0.142. The van der Waals surface area contributed by atoms with Crippen LogP contribution >= 0.6 is 16.1 Å². The Morgan fingerprint density at radius 1 is 1.50 bits per heavy atom. The van der Waals surface area contributed by atoms with E-state index < -0.39 is 27.2 Å². The maximum absolute atomic E-state index is 12.3. The quantitative estimate of drug-likeness (QED) is 0.601. The zero-order valence-electron chi connectivity index (χ0n) is 11.2. The Morgan fingerprint density at radius 2 is 2.11 bits per heavy atom. The lowest BCUT2D eigenvalue weighted by atomic mass is 10.3. The zero-order chi connectivity index (χ0) is 14.2. The lowest BCUT2D eigenvalue weighted by Crippen LogP contribution is -2.29. The molecular weight excluding hydrogens is 276 g/mol. The van der Waals surface area contributed by atoms with Gasteiger partial charge in [0.1, 0.15) is 0 Å². The molecule has 4 atom stereocenters. The van der Waals surface area contributed by atoms with Crippen LogP contribution in [0.4, 0.5) is 0 Å². The third-order valence-corrected chi connectivity index (χ3v) is 6.36. The molecular formula is C10H24NO5P2+. The number of hydrogen-bond donors (Lipinski definition) is 2. The van der Waals surface area contributed by atoms with E-state index in [9.17, 15) is 14.0 Å². The van der Waals surface area contributed by atoms with E-state index in [-0.39, 0.29) is 13.0 Å². The second kappa shape index (κ2) is 8.36. The smallest absolute Gasteiger partial charge is 0.330 e. The van der Waals surface area contributed by atoms with Crippen molar-refractivity contribution in [1.29, 1.82) is 0 Å². The van der Waals surface area contributed by atoms with Crippen molar-refractivity contribution in [3.05, 3.63) is 0 Å². The maximum Gasteiger partial charge on any atom is 0.410 e. The highest BCUT2D eigenvalue weighted by atomic mass is 31.2. The van der Waals surface area contributed by atoms with Crippen LogP contribution in [-0.2, 0) is 18.4 Å². The average molecular weight is 300 g/mol. The Bertz CT molecular complexity index is 302. The van der Waals surface area contributed by atoms with Crippen molar-refractivity contribution in [2.45, 2.75) is 51.2 Å². The molecule has 18 heavy (non-hydrogen) atoms. The summed E-state index contributed by atoms with van der Waals surface area (Å²) in [6.07, 6.45) is 0.786. The van der Waals surface area contributed by atoms with Gasteiger partial charge in [0.25, 0.3) is 0 Å². The molecule has 0 aliphatic rings. The SMILES string of the molecule is CCOC(CCCN)([PH+]=O)P(=O)(O)OC(C)CC. The largest absolute Gasteiger partial charge is 0.410 e. The molecule has 0 spiro atoms. The number of ether oxygens (including phenoxy) is 1. The Balaban J connectivity index is 5.12. The van der Waals surface area contributed by atoms with E-state index in [4.69, 9.17) is 15.0 Å². The molecule has 0 aromatic carbocycles. The van der Waals surface area contributed by atoms with Gasteiger partial charge >= 0.3 is 21.1 Å². The molecule has 108 valence electrons. The summed E-state index contributed by atoms with van der Waals surface area (Å²) in [6.45, 7) is 5.74. The van der Waals surface area contributed by atoms with Crippen LogP contribution in [0.3, 0.4) is 0 Å². The van der Waals surface area contributed by atoms with Crippen molar-refractivity contribution in [2.75, 3.05) is 13.2 Å². The maximum atomic E-state index is 12.3. The van der Waals surface area contributed by atoms with Gasteiger partial charge in [-0.05, 0) is 33.2 Å². The lowest BCUT2D eigenvalue weighted by molar-refractivity contribution is 0.0450. The van der Waals surface area contributed by atoms with Gasteiger partial charge in [-0.1, -0.05) is 11.5 Å². The normalized spacial score (nSPS) is 20.3. The van der Waals surface area contributed by atoms with E-state index >= 15 is 0 Å². The highest BCUT2D eigenvalue weighted by Gasteiger charge is 2.58. The molecule has 0 aliphatic carbocycles. The molecule has 0 radical (unpaired) electrons. The zero-order valence-corrected chi connectivity index (χ0v) is 13.1. The standard InChI is InChI=1S/C10H23NO5P2/c1-4-9(3)16-18(13,14)10(17-12,15-5-2)7-6-8-11/h9H,4-8,11H2,1-3H3,(H,13,14)/p+1. The minimum Gasteiger partial charge on any atom is -0.330 e. The van der Waals surface area contributed by atoms with Crippen molar-refractivity contribution in [3.8, 4) is 0 Å². The van der Waals surface area contributed by atoms with Gasteiger partial charge in [0.05, 0.1) is 6.10 Å². The molecule has 0 aromatic rings. The first-order chi connectivity index (χ1) is 8.39. The van der Waals surface area contributed by atoms with E-state index in [1.807, 2.05) is 6.92 Å². The summed E-state index contributed by atoms with van der Waals surface area (Å²) >= 11 is 0. The van der Waals surface area contributed by atoms with E-state index in [0.29, 0.717) is 19.4 Å². The van der Waals surface area contributed by atoms with Crippen molar-refractivity contribution >= 4 is 16.1 Å². The third-order valence-electron chi connectivity index (χ3n) is 2.62. The molecule has 6 nitrogen and oxygen atoms in total. The predicted molar refractivity (Wildman–Crippen MR) is 72.3 cm³/mol. The van der Waals surface area contributed by atoms with Gasteiger partial charge in [-0.2, -0.15) is 0 Å². The van der Waals surface area contributed by atoms with Crippen LogP contribution in [0.1, 0.15) is 40.0 Å². The van der Waals surface area contributed by atoms with Crippen molar-refractivity contribution in [3.63, 3.8) is 0 Å². The summed E-state index contributed by atoms with van der Waals surface area (Å²) in [5.41, 5.74) is 5.39. The Morgan fingerprint density at radius 3 is 2.50 bits per heavy atom. The van der Waals surface area contributed by atoms with E-state index in [1.54, 1.807) is 13.8 Å². The summed E-state index contributed by atoms with van der Waals surface area (Å²) in [6, 6.07) is 0. The molecule has 0 aromatic heterocycles.